The van der Waals surface area contributed by atoms with E-state index >= 15 is 0 Å². The first-order valence-electron chi connectivity index (χ1n) is 6.26. The van der Waals surface area contributed by atoms with Crippen LogP contribution in [-0.2, 0) is 10.0 Å². The number of nitrogens with zero attached hydrogens (tertiary/aromatic N) is 1. The number of nitrogens with one attached hydrogen (secondary N) is 1. The highest BCUT2D eigenvalue weighted by Gasteiger charge is 2.32. The third kappa shape index (κ3) is 3.63. The van der Waals surface area contributed by atoms with E-state index in [1.807, 2.05) is 0 Å². The number of benzene rings is 1. The SMILES string of the molecule is CNC1CCN(S(=O)(=O)c2ccc(OC(F)F)c(Cl)c2)C1. The zero-order valence-corrected chi connectivity index (χ0v) is 12.8. The third-order valence-electron chi connectivity index (χ3n) is 3.32. The monoisotopic (exact) mass is 340 g/mol. The van der Waals surface area contributed by atoms with Gasteiger partial charge in [-0.2, -0.15) is 13.1 Å². The molecule has 1 N–H and O–H groups in total. The molecule has 1 fully saturated rings. The van der Waals surface area contributed by atoms with Crippen molar-refractivity contribution in [1.82, 2.24) is 9.62 Å². The summed E-state index contributed by atoms with van der Waals surface area (Å²) in [4.78, 5) is -0.0362. The Morgan fingerprint density at radius 1 is 1.48 bits per heavy atom. The highest BCUT2D eigenvalue weighted by Crippen LogP contribution is 2.30. The van der Waals surface area contributed by atoms with Crippen LogP contribution in [0.1, 0.15) is 6.42 Å². The predicted molar refractivity (Wildman–Crippen MR) is 74.3 cm³/mol. The average Bonchev–Trinajstić information content (AvgIpc) is 2.90. The second kappa shape index (κ2) is 6.43. The summed E-state index contributed by atoms with van der Waals surface area (Å²) >= 11 is 5.79. The molecule has 1 aliphatic rings. The first-order chi connectivity index (χ1) is 9.84. The van der Waals surface area contributed by atoms with E-state index in [2.05, 4.69) is 10.1 Å². The fourth-order valence-corrected chi connectivity index (χ4v) is 3.98. The number of likely N-dealkylation sites (N-methyl/N-ethyl adjacent to an activating group) is 1. The normalized spacial score (nSPS) is 20.1. The van der Waals surface area contributed by atoms with Gasteiger partial charge in [-0.05, 0) is 31.7 Å². The summed E-state index contributed by atoms with van der Waals surface area (Å²) in [5, 5.41) is 2.86. The second-order valence-electron chi connectivity index (χ2n) is 4.61. The maximum absolute atomic E-state index is 12.4. The molecule has 1 atom stereocenters. The largest absolute Gasteiger partial charge is 0.433 e. The van der Waals surface area contributed by atoms with Gasteiger partial charge in [0.15, 0.2) is 0 Å². The topological polar surface area (TPSA) is 58.6 Å². The van der Waals surface area contributed by atoms with Crippen molar-refractivity contribution in [2.45, 2.75) is 24.0 Å². The highest BCUT2D eigenvalue weighted by atomic mass is 35.5. The summed E-state index contributed by atoms with van der Waals surface area (Å²) in [6.07, 6.45) is 0.718. The van der Waals surface area contributed by atoms with Gasteiger partial charge in [0.1, 0.15) is 5.75 Å². The Bertz CT molecular complexity index is 613. The van der Waals surface area contributed by atoms with E-state index < -0.39 is 16.6 Å². The minimum Gasteiger partial charge on any atom is -0.433 e. The molecule has 1 aromatic carbocycles. The minimum absolute atomic E-state index is 0.0362. The second-order valence-corrected chi connectivity index (χ2v) is 6.95. The van der Waals surface area contributed by atoms with E-state index in [-0.39, 0.29) is 21.7 Å². The fourth-order valence-electron chi connectivity index (χ4n) is 2.16. The van der Waals surface area contributed by atoms with E-state index in [1.165, 1.54) is 10.4 Å². The Morgan fingerprint density at radius 3 is 2.71 bits per heavy atom. The van der Waals surface area contributed by atoms with Gasteiger partial charge in [0.05, 0.1) is 9.92 Å². The van der Waals surface area contributed by atoms with Gasteiger partial charge in [-0.3, -0.25) is 0 Å². The van der Waals surface area contributed by atoms with Crippen LogP contribution in [0.3, 0.4) is 0 Å². The summed E-state index contributed by atoms with van der Waals surface area (Å²) in [7, 11) is -1.91. The van der Waals surface area contributed by atoms with Gasteiger partial charge >= 0.3 is 6.61 Å². The van der Waals surface area contributed by atoms with Gasteiger partial charge in [-0.1, -0.05) is 11.6 Å². The number of ether oxygens (including phenoxy) is 1. The Morgan fingerprint density at radius 2 is 2.19 bits per heavy atom. The molecule has 0 aliphatic carbocycles. The van der Waals surface area contributed by atoms with Crippen molar-refractivity contribution < 1.29 is 21.9 Å². The van der Waals surface area contributed by atoms with Crippen molar-refractivity contribution in [3.8, 4) is 5.75 Å². The van der Waals surface area contributed by atoms with Crippen LogP contribution in [0, 0.1) is 0 Å². The van der Waals surface area contributed by atoms with Crippen molar-refractivity contribution in [2.24, 2.45) is 0 Å². The molecule has 118 valence electrons. The standard InChI is InChI=1S/C12H15ClF2N2O3S/c1-16-8-4-5-17(7-8)21(18,19)9-2-3-11(10(13)6-9)20-12(14)15/h2-3,6,8,12,16H,4-5,7H2,1H3. The molecule has 1 unspecified atom stereocenters. The molecule has 0 bridgehead atoms. The van der Waals surface area contributed by atoms with E-state index in [0.29, 0.717) is 13.1 Å². The van der Waals surface area contributed by atoms with Crippen LogP contribution in [0.4, 0.5) is 8.78 Å². The Labute approximate surface area is 126 Å². The smallest absolute Gasteiger partial charge is 0.387 e. The van der Waals surface area contributed by atoms with E-state index in [1.54, 1.807) is 7.05 Å². The maximum atomic E-state index is 12.4. The first-order valence-corrected chi connectivity index (χ1v) is 8.08. The summed E-state index contributed by atoms with van der Waals surface area (Å²) in [5.41, 5.74) is 0. The average molecular weight is 341 g/mol. The van der Waals surface area contributed by atoms with E-state index in [9.17, 15) is 17.2 Å². The van der Waals surface area contributed by atoms with Gasteiger partial charge in [0, 0.05) is 19.1 Å². The number of alkyl halides is 2. The third-order valence-corrected chi connectivity index (χ3v) is 5.47. The molecule has 21 heavy (non-hydrogen) atoms. The molecule has 0 spiro atoms. The summed E-state index contributed by atoms with van der Waals surface area (Å²) in [5.74, 6) is -0.250. The molecule has 1 heterocycles. The van der Waals surface area contributed by atoms with Gasteiger partial charge in [-0.15, -0.1) is 0 Å². The van der Waals surface area contributed by atoms with Crippen LogP contribution < -0.4 is 10.1 Å². The molecular weight excluding hydrogens is 326 g/mol. The lowest BCUT2D eigenvalue weighted by molar-refractivity contribution is -0.0498. The summed E-state index contributed by atoms with van der Waals surface area (Å²) in [6.45, 7) is -2.24. The van der Waals surface area contributed by atoms with Crippen LogP contribution in [-0.4, -0.2) is 45.5 Å². The number of sulfonamides is 1. The van der Waals surface area contributed by atoms with Crippen molar-refractivity contribution in [3.05, 3.63) is 23.2 Å². The quantitative estimate of drug-likeness (QED) is 0.889. The zero-order chi connectivity index (χ0) is 15.6. The van der Waals surface area contributed by atoms with Crippen molar-refractivity contribution in [1.29, 1.82) is 0 Å². The van der Waals surface area contributed by atoms with Crippen LogP contribution in [0.5, 0.6) is 5.75 Å². The Hall–Kier alpha value is -0.960. The van der Waals surface area contributed by atoms with Crippen molar-refractivity contribution in [2.75, 3.05) is 20.1 Å². The summed E-state index contributed by atoms with van der Waals surface area (Å²) in [6, 6.07) is 3.58. The van der Waals surface area contributed by atoms with Crippen LogP contribution in [0.15, 0.2) is 23.1 Å². The van der Waals surface area contributed by atoms with Gasteiger partial charge < -0.3 is 10.1 Å². The number of halogens is 3. The Balaban J connectivity index is 2.23. The van der Waals surface area contributed by atoms with Gasteiger partial charge in [-0.25, -0.2) is 8.42 Å². The minimum atomic E-state index is -3.68. The van der Waals surface area contributed by atoms with Gasteiger partial charge in [0.25, 0.3) is 0 Å². The highest BCUT2D eigenvalue weighted by molar-refractivity contribution is 7.89. The number of hydrogen-bond acceptors (Lipinski definition) is 4. The first kappa shape index (κ1) is 16.4. The van der Waals surface area contributed by atoms with Crippen LogP contribution in [0.2, 0.25) is 5.02 Å². The lowest BCUT2D eigenvalue weighted by Crippen LogP contribution is -2.33. The van der Waals surface area contributed by atoms with Crippen molar-refractivity contribution >= 4 is 21.6 Å². The van der Waals surface area contributed by atoms with E-state index in [4.69, 9.17) is 11.6 Å². The molecule has 1 aromatic rings. The van der Waals surface area contributed by atoms with E-state index in [0.717, 1.165) is 18.6 Å². The zero-order valence-electron chi connectivity index (χ0n) is 11.2. The molecule has 0 amide bonds. The van der Waals surface area contributed by atoms with Gasteiger partial charge in [0.2, 0.25) is 10.0 Å². The van der Waals surface area contributed by atoms with Crippen LogP contribution >= 0.6 is 11.6 Å². The fraction of sp³-hybridized carbons (Fsp3) is 0.500. The molecule has 1 saturated heterocycles. The summed E-state index contributed by atoms with van der Waals surface area (Å²) < 4.78 is 54.7. The predicted octanol–water partition coefficient (Wildman–Crippen LogP) is 1.92. The molecule has 0 aromatic heterocycles. The molecular formula is C12H15ClF2N2O3S. The molecule has 2 rings (SSSR count). The molecule has 0 saturated carbocycles. The number of rotatable bonds is 5. The number of hydrogen-bond donors (Lipinski definition) is 1. The molecule has 9 heteroatoms. The molecule has 0 radical (unpaired) electrons. The van der Waals surface area contributed by atoms with Crippen molar-refractivity contribution in [3.63, 3.8) is 0 Å². The Kier molecular flexibility index (Phi) is 5.03. The lowest BCUT2D eigenvalue weighted by atomic mass is 10.3. The lowest BCUT2D eigenvalue weighted by Gasteiger charge is -2.17. The van der Waals surface area contributed by atoms with Crippen LogP contribution in [0.25, 0.3) is 0 Å². The molecule has 1 aliphatic heterocycles. The maximum Gasteiger partial charge on any atom is 0.387 e. The molecule has 5 nitrogen and oxygen atoms in total.